The Hall–Kier alpha value is -0.690. The van der Waals surface area contributed by atoms with Crippen molar-refractivity contribution < 1.29 is 13.2 Å². The third-order valence-corrected chi connectivity index (χ3v) is 6.56. The van der Waals surface area contributed by atoms with Gasteiger partial charge in [0, 0.05) is 12.0 Å². The number of amides is 1. The molecule has 0 aromatic heterocycles. The molecule has 108 valence electrons. The van der Waals surface area contributed by atoms with Crippen molar-refractivity contribution in [3.05, 3.63) is 0 Å². The van der Waals surface area contributed by atoms with Gasteiger partial charge < -0.3 is 11.1 Å². The second-order valence-corrected chi connectivity index (χ2v) is 8.18. The molecule has 1 saturated carbocycles. The highest BCUT2D eigenvalue weighted by Crippen LogP contribution is 2.27. The van der Waals surface area contributed by atoms with Crippen LogP contribution in [0.1, 0.15) is 38.5 Å². The van der Waals surface area contributed by atoms with Crippen LogP contribution in [0.2, 0.25) is 0 Å². The minimum Gasteiger partial charge on any atom is -0.393 e. The number of rotatable bonds is 3. The van der Waals surface area contributed by atoms with Gasteiger partial charge in [0.1, 0.15) is 5.25 Å². The molecule has 0 radical (unpaired) electrons. The highest BCUT2D eigenvalue weighted by Gasteiger charge is 2.38. The summed E-state index contributed by atoms with van der Waals surface area (Å²) in [6, 6.07) is -0.0953. The van der Waals surface area contributed by atoms with Gasteiger partial charge in [-0.2, -0.15) is 0 Å². The molecule has 7 heteroatoms. The number of hydrogen-bond donors (Lipinski definition) is 2. The van der Waals surface area contributed by atoms with Crippen molar-refractivity contribution in [3.8, 4) is 0 Å². The summed E-state index contributed by atoms with van der Waals surface area (Å²) >= 11 is 4.99. The summed E-state index contributed by atoms with van der Waals surface area (Å²) in [5.74, 6) is -0.243. The van der Waals surface area contributed by atoms with Gasteiger partial charge in [-0.3, -0.25) is 4.79 Å². The van der Waals surface area contributed by atoms with Crippen LogP contribution in [-0.4, -0.2) is 36.4 Å². The molecular weight excluding hydrogens is 284 g/mol. The molecule has 2 fully saturated rings. The van der Waals surface area contributed by atoms with Crippen molar-refractivity contribution >= 4 is 33.0 Å². The molecule has 1 amide bonds. The van der Waals surface area contributed by atoms with E-state index in [9.17, 15) is 13.2 Å². The Bertz CT molecular complexity index is 475. The summed E-state index contributed by atoms with van der Waals surface area (Å²) in [5, 5.41) is 1.97. The Morgan fingerprint density at radius 3 is 2.53 bits per heavy atom. The number of hydrogen-bond acceptors (Lipinski definition) is 4. The number of nitrogens with two attached hydrogens (primary N) is 1. The van der Waals surface area contributed by atoms with E-state index in [-0.39, 0.29) is 23.6 Å². The molecule has 3 atom stereocenters. The lowest BCUT2D eigenvalue weighted by atomic mass is 10.0. The number of thiocarbonyl (C=S) groups is 1. The maximum atomic E-state index is 12.2. The van der Waals surface area contributed by atoms with Crippen LogP contribution in [0, 0.1) is 5.92 Å². The third-order valence-electron chi connectivity index (χ3n) is 4.08. The highest BCUT2D eigenvalue weighted by molar-refractivity contribution is 7.92. The number of nitrogens with one attached hydrogen (secondary N) is 1. The Morgan fingerprint density at radius 1 is 1.16 bits per heavy atom. The van der Waals surface area contributed by atoms with Crippen molar-refractivity contribution in [3.63, 3.8) is 0 Å². The molecule has 1 aliphatic carbocycles. The lowest BCUT2D eigenvalue weighted by molar-refractivity contribution is -0.121. The molecule has 0 aromatic rings. The van der Waals surface area contributed by atoms with Gasteiger partial charge in [0.15, 0.2) is 9.84 Å². The molecule has 19 heavy (non-hydrogen) atoms. The maximum Gasteiger partial charge on any atom is 0.238 e. The van der Waals surface area contributed by atoms with Gasteiger partial charge in [0.25, 0.3) is 0 Å². The van der Waals surface area contributed by atoms with Crippen LogP contribution < -0.4 is 11.1 Å². The van der Waals surface area contributed by atoms with Crippen molar-refractivity contribution in [2.45, 2.75) is 49.8 Å². The maximum absolute atomic E-state index is 12.2. The molecule has 0 spiro atoms. The first-order valence-corrected chi connectivity index (χ1v) is 8.85. The van der Waals surface area contributed by atoms with Crippen LogP contribution in [0.25, 0.3) is 0 Å². The predicted molar refractivity (Wildman–Crippen MR) is 77.5 cm³/mol. The van der Waals surface area contributed by atoms with E-state index >= 15 is 0 Å². The van der Waals surface area contributed by atoms with E-state index in [1.807, 2.05) is 0 Å². The van der Waals surface area contributed by atoms with Crippen LogP contribution in [0.15, 0.2) is 0 Å². The van der Waals surface area contributed by atoms with Crippen LogP contribution in [0.4, 0.5) is 0 Å². The molecule has 3 N–H and O–H groups in total. The first kappa shape index (κ1) is 14.7. The van der Waals surface area contributed by atoms with Crippen LogP contribution in [0.5, 0.6) is 0 Å². The minimum absolute atomic E-state index is 0.00486. The van der Waals surface area contributed by atoms with E-state index in [4.69, 9.17) is 18.0 Å². The molecule has 0 bridgehead atoms. The zero-order chi connectivity index (χ0) is 14.0. The lowest BCUT2D eigenvalue weighted by Gasteiger charge is -2.25. The normalized spacial score (nSPS) is 33.8. The van der Waals surface area contributed by atoms with Crippen molar-refractivity contribution in [1.82, 2.24) is 5.32 Å². The van der Waals surface area contributed by atoms with E-state index in [0.29, 0.717) is 17.8 Å². The Morgan fingerprint density at radius 2 is 1.89 bits per heavy atom. The smallest absolute Gasteiger partial charge is 0.238 e. The number of carbonyl (C=O) groups is 1. The number of carbonyl (C=O) groups excluding carboxylic acids is 1. The monoisotopic (exact) mass is 304 g/mol. The Labute approximate surface area is 119 Å². The highest BCUT2D eigenvalue weighted by atomic mass is 32.2. The fourth-order valence-electron chi connectivity index (χ4n) is 3.00. The van der Waals surface area contributed by atoms with Gasteiger partial charge >= 0.3 is 0 Å². The van der Waals surface area contributed by atoms with Crippen molar-refractivity contribution in [1.29, 1.82) is 0 Å². The molecule has 3 unspecified atom stereocenters. The van der Waals surface area contributed by atoms with Crippen molar-refractivity contribution in [2.24, 2.45) is 11.7 Å². The van der Waals surface area contributed by atoms with Crippen LogP contribution in [-0.2, 0) is 14.6 Å². The minimum atomic E-state index is -3.28. The molecule has 0 aromatic carbocycles. The zero-order valence-electron chi connectivity index (χ0n) is 10.8. The second kappa shape index (κ2) is 5.75. The molecule has 5 nitrogen and oxygen atoms in total. The quantitative estimate of drug-likeness (QED) is 0.742. The average Bonchev–Trinajstić information content (AvgIpc) is 2.76. The molecule has 1 saturated heterocycles. The SMILES string of the molecule is NC(=S)C1CCCC1NC(=O)C1CCCCS1(=O)=O. The summed E-state index contributed by atoms with van der Waals surface area (Å²) in [7, 11) is -3.28. The molecular formula is C12H20N2O3S2. The van der Waals surface area contributed by atoms with Crippen LogP contribution in [0.3, 0.4) is 0 Å². The first-order valence-electron chi connectivity index (χ1n) is 6.73. The standard InChI is InChI=1S/C12H20N2O3S2/c13-11(18)8-4-3-5-9(8)14-12(15)10-6-1-2-7-19(10,16)17/h8-10H,1-7H2,(H2,13,18)(H,14,15). The molecule has 2 aliphatic rings. The average molecular weight is 304 g/mol. The van der Waals surface area contributed by atoms with Gasteiger partial charge in [0.2, 0.25) is 5.91 Å². The predicted octanol–water partition coefficient (Wildman–Crippen LogP) is 0.525. The summed E-state index contributed by atoms with van der Waals surface area (Å²) in [5.41, 5.74) is 5.66. The third kappa shape index (κ3) is 3.25. The van der Waals surface area contributed by atoms with E-state index in [1.165, 1.54) is 0 Å². The second-order valence-electron chi connectivity index (χ2n) is 5.41. The summed E-state index contributed by atoms with van der Waals surface area (Å²) in [6.45, 7) is 0. The number of sulfone groups is 1. The first-order chi connectivity index (χ1) is 8.92. The van der Waals surface area contributed by atoms with E-state index in [1.54, 1.807) is 0 Å². The van der Waals surface area contributed by atoms with Gasteiger partial charge in [-0.15, -0.1) is 0 Å². The van der Waals surface area contributed by atoms with E-state index in [2.05, 4.69) is 5.32 Å². The largest absolute Gasteiger partial charge is 0.393 e. The summed E-state index contributed by atoms with van der Waals surface area (Å²) < 4.78 is 23.8. The molecule has 1 aliphatic heterocycles. The van der Waals surface area contributed by atoms with E-state index < -0.39 is 15.1 Å². The summed E-state index contributed by atoms with van der Waals surface area (Å²) in [4.78, 5) is 12.6. The fraction of sp³-hybridized carbons (Fsp3) is 0.833. The fourth-order valence-corrected chi connectivity index (χ4v) is 5.09. The van der Waals surface area contributed by atoms with Gasteiger partial charge in [-0.25, -0.2) is 8.42 Å². The topological polar surface area (TPSA) is 89.3 Å². The van der Waals surface area contributed by atoms with E-state index in [0.717, 1.165) is 25.7 Å². The van der Waals surface area contributed by atoms with Crippen LogP contribution >= 0.6 is 12.2 Å². The zero-order valence-corrected chi connectivity index (χ0v) is 12.4. The Kier molecular flexibility index (Phi) is 4.45. The van der Waals surface area contributed by atoms with Gasteiger partial charge in [-0.05, 0) is 25.7 Å². The molecule has 2 rings (SSSR count). The lowest BCUT2D eigenvalue weighted by Crippen LogP contribution is -2.49. The van der Waals surface area contributed by atoms with Gasteiger partial charge in [-0.1, -0.05) is 25.1 Å². The van der Waals surface area contributed by atoms with Gasteiger partial charge in [0.05, 0.1) is 10.7 Å². The molecule has 1 heterocycles. The van der Waals surface area contributed by atoms with Crippen molar-refractivity contribution in [2.75, 3.05) is 5.75 Å². The Balaban J connectivity index is 2.02. The summed E-state index contributed by atoms with van der Waals surface area (Å²) in [6.07, 6.45) is 4.53.